The smallest absolute Gasteiger partial charge is 0.352 e. The number of hydrogen-bond donors (Lipinski definition) is 2. The highest BCUT2D eigenvalue weighted by atomic mass is 32.2. The van der Waals surface area contributed by atoms with E-state index in [4.69, 9.17) is 9.84 Å². The van der Waals surface area contributed by atoms with Gasteiger partial charge in [0.2, 0.25) is 10.0 Å². The fourth-order valence-electron chi connectivity index (χ4n) is 1.58. The minimum Gasteiger partial charge on any atom is -0.477 e. The number of rotatable bonds is 8. The van der Waals surface area contributed by atoms with E-state index in [2.05, 4.69) is 4.72 Å². The Balaban J connectivity index is 2.86. The highest BCUT2D eigenvalue weighted by Gasteiger charge is 2.20. The number of methoxy groups -OCH3 is 1. The van der Waals surface area contributed by atoms with E-state index < -0.39 is 16.0 Å². The van der Waals surface area contributed by atoms with Crippen molar-refractivity contribution in [3.63, 3.8) is 0 Å². The number of carboxylic acid groups (broad SMARTS) is 1. The minimum absolute atomic E-state index is 0.0378. The number of carboxylic acids is 1. The Labute approximate surface area is 112 Å². The maximum atomic E-state index is 11.9. The van der Waals surface area contributed by atoms with Crippen LogP contribution in [0.25, 0.3) is 0 Å². The van der Waals surface area contributed by atoms with Gasteiger partial charge in [-0.1, -0.05) is 0 Å². The molecule has 0 fully saturated rings. The van der Waals surface area contributed by atoms with E-state index in [1.54, 1.807) is 6.92 Å². The van der Waals surface area contributed by atoms with Gasteiger partial charge in [0, 0.05) is 33.0 Å². The molecule has 0 radical (unpaired) electrons. The van der Waals surface area contributed by atoms with Crippen LogP contribution in [0.4, 0.5) is 0 Å². The first-order chi connectivity index (χ1) is 8.92. The summed E-state index contributed by atoms with van der Waals surface area (Å²) in [6.07, 6.45) is 1.87. The Bertz CT molecular complexity index is 535. The number of hydrogen-bond acceptors (Lipinski definition) is 4. The minimum atomic E-state index is -3.68. The van der Waals surface area contributed by atoms with Gasteiger partial charge in [-0.3, -0.25) is 0 Å². The Morgan fingerprint density at radius 2 is 2.21 bits per heavy atom. The summed E-state index contributed by atoms with van der Waals surface area (Å²) in [5, 5.41) is 8.97. The third kappa shape index (κ3) is 4.05. The van der Waals surface area contributed by atoms with E-state index in [1.165, 1.54) is 17.9 Å². The first-order valence-electron chi connectivity index (χ1n) is 5.84. The van der Waals surface area contributed by atoms with Crippen molar-refractivity contribution in [2.75, 3.05) is 20.3 Å². The van der Waals surface area contributed by atoms with Gasteiger partial charge < -0.3 is 14.4 Å². The van der Waals surface area contributed by atoms with E-state index in [0.29, 0.717) is 19.6 Å². The van der Waals surface area contributed by atoms with Gasteiger partial charge in [0.15, 0.2) is 0 Å². The van der Waals surface area contributed by atoms with Crippen molar-refractivity contribution in [3.05, 3.63) is 18.0 Å². The molecule has 19 heavy (non-hydrogen) atoms. The standard InChI is InChI=1S/C11H18N2O5S/c1-3-13-8-9(7-10(13)11(14)15)19(16,17)12-5-4-6-18-2/h7-8,12H,3-6H2,1-2H3,(H,14,15). The summed E-state index contributed by atoms with van der Waals surface area (Å²) >= 11 is 0. The Morgan fingerprint density at radius 3 is 2.68 bits per heavy atom. The summed E-state index contributed by atoms with van der Waals surface area (Å²) < 4.78 is 32.5. The first kappa shape index (κ1) is 15.7. The average molecular weight is 290 g/mol. The van der Waals surface area contributed by atoms with Gasteiger partial charge in [-0.2, -0.15) is 0 Å². The normalized spacial score (nSPS) is 11.7. The highest BCUT2D eigenvalue weighted by molar-refractivity contribution is 7.89. The van der Waals surface area contributed by atoms with Crippen molar-refractivity contribution in [1.29, 1.82) is 0 Å². The lowest BCUT2D eigenvalue weighted by Crippen LogP contribution is -2.25. The third-order valence-electron chi connectivity index (χ3n) is 2.56. The molecule has 1 heterocycles. The summed E-state index contributed by atoms with van der Waals surface area (Å²) in [5.74, 6) is -1.15. The molecule has 0 aromatic carbocycles. The van der Waals surface area contributed by atoms with Crippen LogP contribution >= 0.6 is 0 Å². The van der Waals surface area contributed by atoms with Crippen molar-refractivity contribution in [2.24, 2.45) is 0 Å². The number of ether oxygens (including phenoxy) is 1. The second kappa shape index (κ2) is 6.69. The SMILES string of the molecule is CCn1cc(S(=O)(=O)NCCCOC)cc1C(=O)O. The van der Waals surface area contributed by atoms with Crippen LogP contribution in [0.1, 0.15) is 23.8 Å². The summed E-state index contributed by atoms with van der Waals surface area (Å²) in [6.45, 7) is 2.84. The zero-order valence-corrected chi connectivity index (χ0v) is 11.7. The van der Waals surface area contributed by atoms with Crippen LogP contribution in [-0.2, 0) is 21.3 Å². The number of carbonyl (C=O) groups is 1. The lowest BCUT2D eigenvalue weighted by atomic mass is 10.4. The predicted octanol–water partition coefficient (Wildman–Crippen LogP) is 0.521. The van der Waals surface area contributed by atoms with E-state index in [-0.39, 0.29) is 17.1 Å². The molecule has 0 saturated heterocycles. The van der Waals surface area contributed by atoms with Crippen LogP contribution in [0, 0.1) is 0 Å². The molecule has 0 saturated carbocycles. The number of aryl methyl sites for hydroxylation is 1. The molecule has 0 aliphatic heterocycles. The molecule has 7 nitrogen and oxygen atoms in total. The van der Waals surface area contributed by atoms with Crippen LogP contribution in [0.2, 0.25) is 0 Å². The lowest BCUT2D eigenvalue weighted by molar-refractivity contribution is 0.0685. The zero-order valence-electron chi connectivity index (χ0n) is 10.9. The molecule has 0 aliphatic carbocycles. The van der Waals surface area contributed by atoms with Gasteiger partial charge in [0.25, 0.3) is 0 Å². The molecule has 1 aromatic heterocycles. The van der Waals surface area contributed by atoms with Gasteiger partial charge in [-0.05, 0) is 19.4 Å². The van der Waals surface area contributed by atoms with Crippen LogP contribution < -0.4 is 4.72 Å². The lowest BCUT2D eigenvalue weighted by Gasteiger charge is -2.04. The molecule has 108 valence electrons. The van der Waals surface area contributed by atoms with E-state index in [9.17, 15) is 13.2 Å². The van der Waals surface area contributed by atoms with E-state index in [0.717, 1.165) is 6.07 Å². The second-order valence-electron chi connectivity index (χ2n) is 3.90. The summed E-state index contributed by atoms with van der Waals surface area (Å²) in [4.78, 5) is 10.9. The van der Waals surface area contributed by atoms with Crippen LogP contribution in [-0.4, -0.2) is 44.3 Å². The molecule has 1 rings (SSSR count). The summed E-state index contributed by atoms with van der Waals surface area (Å²) in [6, 6.07) is 1.16. The maximum Gasteiger partial charge on any atom is 0.352 e. The Hall–Kier alpha value is -1.38. The molecule has 0 amide bonds. The average Bonchev–Trinajstić information content (AvgIpc) is 2.79. The molecule has 0 atom stereocenters. The number of sulfonamides is 1. The topological polar surface area (TPSA) is 97.6 Å². The maximum absolute atomic E-state index is 11.9. The number of nitrogens with one attached hydrogen (secondary N) is 1. The summed E-state index contributed by atoms with van der Waals surface area (Å²) in [7, 11) is -2.14. The molecule has 0 spiro atoms. The molecule has 8 heteroatoms. The van der Waals surface area contributed by atoms with Crippen molar-refractivity contribution >= 4 is 16.0 Å². The molecule has 0 aliphatic rings. The molecule has 2 N–H and O–H groups in total. The van der Waals surface area contributed by atoms with Gasteiger partial charge in [0.1, 0.15) is 10.6 Å². The fourth-order valence-corrected chi connectivity index (χ4v) is 2.69. The number of aromatic nitrogens is 1. The predicted molar refractivity (Wildman–Crippen MR) is 68.7 cm³/mol. The molecule has 0 unspecified atom stereocenters. The second-order valence-corrected chi connectivity index (χ2v) is 5.66. The zero-order chi connectivity index (χ0) is 14.5. The number of aromatic carboxylic acids is 1. The van der Waals surface area contributed by atoms with Crippen molar-refractivity contribution in [3.8, 4) is 0 Å². The van der Waals surface area contributed by atoms with Crippen molar-refractivity contribution < 1.29 is 23.1 Å². The Morgan fingerprint density at radius 1 is 1.53 bits per heavy atom. The molecule has 1 aromatic rings. The molecule has 0 bridgehead atoms. The van der Waals surface area contributed by atoms with Crippen molar-refractivity contribution in [2.45, 2.75) is 24.8 Å². The molecular formula is C11H18N2O5S. The van der Waals surface area contributed by atoms with Gasteiger partial charge >= 0.3 is 5.97 Å². The number of nitrogens with zero attached hydrogens (tertiary/aromatic N) is 1. The summed E-state index contributed by atoms with van der Waals surface area (Å²) in [5.41, 5.74) is -0.0419. The van der Waals surface area contributed by atoms with Crippen LogP contribution in [0.3, 0.4) is 0 Å². The van der Waals surface area contributed by atoms with E-state index in [1.807, 2.05) is 0 Å². The van der Waals surface area contributed by atoms with Crippen LogP contribution in [0.15, 0.2) is 17.2 Å². The third-order valence-corrected chi connectivity index (χ3v) is 3.99. The first-order valence-corrected chi connectivity index (χ1v) is 7.32. The Kier molecular flexibility index (Phi) is 5.52. The molecular weight excluding hydrogens is 272 g/mol. The monoisotopic (exact) mass is 290 g/mol. The quantitative estimate of drug-likeness (QED) is 0.680. The fraction of sp³-hybridized carbons (Fsp3) is 0.545. The highest BCUT2D eigenvalue weighted by Crippen LogP contribution is 2.14. The van der Waals surface area contributed by atoms with Crippen LogP contribution in [0.5, 0.6) is 0 Å². The van der Waals surface area contributed by atoms with E-state index >= 15 is 0 Å². The van der Waals surface area contributed by atoms with Gasteiger partial charge in [-0.25, -0.2) is 17.9 Å². The van der Waals surface area contributed by atoms with Gasteiger partial charge in [0.05, 0.1) is 0 Å². The largest absolute Gasteiger partial charge is 0.477 e. The van der Waals surface area contributed by atoms with Gasteiger partial charge in [-0.15, -0.1) is 0 Å². The van der Waals surface area contributed by atoms with Crippen molar-refractivity contribution in [1.82, 2.24) is 9.29 Å².